The number of hydrogen-bond acceptors (Lipinski definition) is 6. The van der Waals surface area contributed by atoms with E-state index in [0.29, 0.717) is 23.8 Å². The smallest absolute Gasteiger partial charge is 0.227 e. The van der Waals surface area contributed by atoms with Crippen molar-refractivity contribution >= 4 is 23.2 Å². The second kappa shape index (κ2) is 7.99. The van der Waals surface area contributed by atoms with Gasteiger partial charge in [0, 0.05) is 48.1 Å². The summed E-state index contributed by atoms with van der Waals surface area (Å²) < 4.78 is 5.19. The second-order valence-corrected chi connectivity index (χ2v) is 6.64. The highest BCUT2D eigenvalue weighted by atomic mass is 16.5. The minimum absolute atomic E-state index is 0.0578. The van der Waals surface area contributed by atoms with Crippen molar-refractivity contribution in [3.8, 4) is 11.4 Å². The zero-order valence-electron chi connectivity index (χ0n) is 15.1. The number of carbonyl (C=O) groups excluding carboxylic acids is 2. The van der Waals surface area contributed by atoms with E-state index in [1.807, 2.05) is 0 Å². The Hall–Kier alpha value is -3.55. The highest BCUT2D eigenvalue weighted by molar-refractivity contribution is 5.95. The molecule has 0 bridgehead atoms. The highest BCUT2D eigenvalue weighted by Crippen LogP contribution is 2.30. The van der Waals surface area contributed by atoms with Crippen molar-refractivity contribution in [3.63, 3.8) is 0 Å². The lowest BCUT2D eigenvalue weighted by molar-refractivity contribution is -0.117. The molecule has 0 aliphatic heterocycles. The van der Waals surface area contributed by atoms with Gasteiger partial charge in [0.05, 0.1) is 0 Å². The molecule has 1 aromatic carbocycles. The Morgan fingerprint density at radius 1 is 1.00 bits per heavy atom. The molecule has 28 heavy (non-hydrogen) atoms. The van der Waals surface area contributed by atoms with Gasteiger partial charge in [0.25, 0.3) is 0 Å². The third kappa shape index (κ3) is 4.59. The average molecular weight is 377 g/mol. The van der Waals surface area contributed by atoms with Crippen LogP contribution in [-0.2, 0) is 16.0 Å². The molecule has 0 atom stereocenters. The number of anilines is 2. The highest BCUT2D eigenvalue weighted by Gasteiger charge is 2.29. The summed E-state index contributed by atoms with van der Waals surface area (Å²) in [6, 6.07) is 10.6. The number of aryl methyl sites for hydroxylation is 1. The number of nitrogens with one attached hydrogen (secondary N) is 2. The van der Waals surface area contributed by atoms with E-state index in [-0.39, 0.29) is 24.2 Å². The van der Waals surface area contributed by atoms with Crippen LogP contribution in [0.1, 0.15) is 25.2 Å². The maximum atomic E-state index is 12.1. The third-order valence-electron chi connectivity index (χ3n) is 4.36. The lowest BCUT2D eigenvalue weighted by atomic mass is 10.2. The standard InChI is InChI=1S/C20H19N5O3/c26-17(7-8-18-24-19(25-28-18)13-9-11-21-12-10-13)22-15-3-5-16(6-4-15)23-20(27)14-1-2-14/h3-6,9-12,14H,1-2,7-8H2,(H,22,26)(H,23,27). The minimum atomic E-state index is -0.154. The van der Waals surface area contributed by atoms with Gasteiger partial charge in [0.1, 0.15) is 0 Å². The van der Waals surface area contributed by atoms with Crippen LogP contribution >= 0.6 is 0 Å². The van der Waals surface area contributed by atoms with Gasteiger partial charge in [-0.1, -0.05) is 5.16 Å². The Balaban J connectivity index is 1.26. The van der Waals surface area contributed by atoms with Crippen molar-refractivity contribution in [2.75, 3.05) is 10.6 Å². The molecular weight excluding hydrogens is 358 g/mol. The molecule has 2 heterocycles. The molecule has 0 saturated heterocycles. The summed E-state index contributed by atoms with van der Waals surface area (Å²) in [5.41, 5.74) is 2.20. The molecular formula is C20H19N5O3. The Morgan fingerprint density at radius 2 is 1.68 bits per heavy atom. The van der Waals surface area contributed by atoms with Crippen molar-refractivity contribution in [3.05, 3.63) is 54.7 Å². The van der Waals surface area contributed by atoms with Crippen molar-refractivity contribution in [2.24, 2.45) is 5.92 Å². The van der Waals surface area contributed by atoms with Gasteiger partial charge in [-0.3, -0.25) is 14.6 Å². The van der Waals surface area contributed by atoms with Crippen molar-refractivity contribution in [1.82, 2.24) is 15.1 Å². The van der Waals surface area contributed by atoms with Gasteiger partial charge in [-0.15, -0.1) is 0 Å². The molecule has 2 aromatic heterocycles. The summed E-state index contributed by atoms with van der Waals surface area (Å²) in [6.07, 6.45) is 5.80. The molecule has 1 aliphatic carbocycles. The van der Waals surface area contributed by atoms with E-state index in [9.17, 15) is 9.59 Å². The fraction of sp³-hybridized carbons (Fsp3) is 0.250. The zero-order chi connectivity index (χ0) is 19.3. The third-order valence-corrected chi connectivity index (χ3v) is 4.36. The molecule has 1 fully saturated rings. The molecule has 2 amide bonds. The van der Waals surface area contributed by atoms with Gasteiger partial charge >= 0.3 is 0 Å². The molecule has 4 rings (SSSR count). The molecule has 2 N–H and O–H groups in total. The van der Waals surface area contributed by atoms with E-state index >= 15 is 0 Å². The summed E-state index contributed by atoms with van der Waals surface area (Å²) in [6.45, 7) is 0. The number of benzene rings is 1. The number of rotatable bonds is 7. The lowest BCUT2D eigenvalue weighted by Gasteiger charge is -2.07. The van der Waals surface area contributed by atoms with Gasteiger partial charge in [0.2, 0.25) is 23.5 Å². The average Bonchev–Trinajstić information content (AvgIpc) is 3.47. The van der Waals surface area contributed by atoms with Crippen LogP contribution in [0.25, 0.3) is 11.4 Å². The fourth-order valence-electron chi connectivity index (χ4n) is 2.65. The van der Waals surface area contributed by atoms with Crippen LogP contribution < -0.4 is 10.6 Å². The second-order valence-electron chi connectivity index (χ2n) is 6.64. The Morgan fingerprint density at radius 3 is 2.36 bits per heavy atom. The van der Waals surface area contributed by atoms with Gasteiger partial charge in [-0.25, -0.2) is 0 Å². The number of nitrogens with zero attached hydrogens (tertiary/aromatic N) is 3. The van der Waals surface area contributed by atoms with Crippen LogP contribution in [0, 0.1) is 5.92 Å². The summed E-state index contributed by atoms with van der Waals surface area (Å²) >= 11 is 0. The predicted octanol–water partition coefficient (Wildman–Crippen LogP) is 3.05. The topological polar surface area (TPSA) is 110 Å². The van der Waals surface area contributed by atoms with E-state index in [1.165, 1.54) is 0 Å². The zero-order valence-corrected chi connectivity index (χ0v) is 15.1. The first kappa shape index (κ1) is 17.8. The number of hydrogen-bond donors (Lipinski definition) is 2. The van der Waals surface area contributed by atoms with Crippen LogP contribution in [-0.4, -0.2) is 26.9 Å². The summed E-state index contributed by atoms with van der Waals surface area (Å²) in [7, 11) is 0. The first-order valence-corrected chi connectivity index (χ1v) is 9.11. The molecule has 0 unspecified atom stereocenters. The number of pyridine rings is 1. The predicted molar refractivity (Wildman–Crippen MR) is 102 cm³/mol. The quantitative estimate of drug-likeness (QED) is 0.655. The van der Waals surface area contributed by atoms with Crippen LogP contribution in [0.3, 0.4) is 0 Å². The molecule has 1 aliphatic rings. The molecule has 0 radical (unpaired) electrons. The molecule has 0 spiro atoms. The van der Waals surface area contributed by atoms with E-state index in [2.05, 4.69) is 25.8 Å². The maximum Gasteiger partial charge on any atom is 0.227 e. The van der Waals surface area contributed by atoms with E-state index in [1.54, 1.807) is 48.8 Å². The van der Waals surface area contributed by atoms with Gasteiger partial charge in [-0.05, 0) is 49.2 Å². The molecule has 142 valence electrons. The molecule has 1 saturated carbocycles. The number of carbonyl (C=O) groups is 2. The largest absolute Gasteiger partial charge is 0.339 e. The minimum Gasteiger partial charge on any atom is -0.339 e. The van der Waals surface area contributed by atoms with Crippen molar-refractivity contribution in [1.29, 1.82) is 0 Å². The van der Waals surface area contributed by atoms with E-state index in [4.69, 9.17) is 4.52 Å². The Kier molecular flexibility index (Phi) is 5.09. The monoisotopic (exact) mass is 377 g/mol. The van der Waals surface area contributed by atoms with Crippen LogP contribution in [0.4, 0.5) is 11.4 Å². The lowest BCUT2D eigenvalue weighted by Crippen LogP contribution is -2.14. The van der Waals surface area contributed by atoms with Crippen LogP contribution in [0.5, 0.6) is 0 Å². The number of amides is 2. The van der Waals surface area contributed by atoms with Crippen molar-refractivity contribution < 1.29 is 14.1 Å². The van der Waals surface area contributed by atoms with Gasteiger partial charge in [-0.2, -0.15) is 4.98 Å². The van der Waals surface area contributed by atoms with Gasteiger partial charge < -0.3 is 15.2 Å². The molecule has 8 heteroatoms. The van der Waals surface area contributed by atoms with Crippen molar-refractivity contribution in [2.45, 2.75) is 25.7 Å². The summed E-state index contributed by atoms with van der Waals surface area (Å²) in [5, 5.41) is 9.60. The molecule has 8 nitrogen and oxygen atoms in total. The Labute approximate surface area is 161 Å². The molecule has 3 aromatic rings. The fourth-order valence-corrected chi connectivity index (χ4v) is 2.65. The Bertz CT molecular complexity index is 965. The van der Waals surface area contributed by atoms with E-state index < -0.39 is 0 Å². The van der Waals surface area contributed by atoms with Crippen LogP contribution in [0.2, 0.25) is 0 Å². The SMILES string of the molecule is O=C(CCc1nc(-c2ccncc2)no1)Nc1ccc(NC(=O)C2CC2)cc1. The maximum absolute atomic E-state index is 12.1. The first-order chi connectivity index (χ1) is 13.7. The van der Waals surface area contributed by atoms with Crippen LogP contribution in [0.15, 0.2) is 53.3 Å². The number of aromatic nitrogens is 3. The van der Waals surface area contributed by atoms with E-state index in [0.717, 1.165) is 24.1 Å². The summed E-state index contributed by atoms with van der Waals surface area (Å²) in [5.74, 6) is 0.936. The van der Waals surface area contributed by atoms with Gasteiger partial charge in [0.15, 0.2) is 0 Å². The normalized spacial score (nSPS) is 13.1. The summed E-state index contributed by atoms with van der Waals surface area (Å²) in [4.78, 5) is 32.1. The first-order valence-electron chi connectivity index (χ1n) is 9.11.